The van der Waals surface area contributed by atoms with Crippen molar-refractivity contribution in [3.05, 3.63) is 39.4 Å². The maximum Gasteiger partial charge on any atom is 0.261 e. The highest BCUT2D eigenvalue weighted by Gasteiger charge is 2.25. The first kappa shape index (κ1) is 17.2. The minimum absolute atomic E-state index is 0.0808. The molecule has 0 unspecified atom stereocenters. The van der Waals surface area contributed by atoms with Crippen molar-refractivity contribution in [2.24, 2.45) is 7.05 Å². The van der Waals surface area contributed by atoms with Crippen molar-refractivity contribution in [1.82, 2.24) is 9.55 Å². The Hall–Kier alpha value is -1.17. The molecule has 0 N–H and O–H groups in total. The summed E-state index contributed by atoms with van der Waals surface area (Å²) in [5.41, 5.74) is 0.588. The zero-order valence-electron chi connectivity index (χ0n) is 13.8. The lowest BCUT2D eigenvalue weighted by molar-refractivity contribution is 0.171. The molecule has 4 nitrogen and oxygen atoms in total. The number of aromatic nitrogens is 2. The lowest BCUT2D eigenvalue weighted by Crippen LogP contribution is -2.32. The molecule has 0 bridgehead atoms. The minimum atomic E-state index is -1.73. The predicted octanol–water partition coefficient (Wildman–Crippen LogP) is 4.28. The fraction of sp³-hybridized carbons (Fsp3) is 0.500. The van der Waals surface area contributed by atoms with Crippen LogP contribution < -0.4 is 5.56 Å². The molecule has 0 aliphatic carbocycles. The Morgan fingerprint density at radius 2 is 2.05 bits per heavy atom. The molecule has 120 valence electrons. The summed E-state index contributed by atoms with van der Waals surface area (Å²) in [7, 11) is 0.0177. The van der Waals surface area contributed by atoms with Crippen LogP contribution in [0.25, 0.3) is 10.9 Å². The van der Waals surface area contributed by atoms with Gasteiger partial charge in [0.2, 0.25) is 0 Å². The average Bonchev–Trinajstić information content (AvgIpc) is 2.41. The largest absolute Gasteiger partial charge is 0.408 e. The van der Waals surface area contributed by atoms with Crippen LogP contribution in [0.15, 0.2) is 23.0 Å². The summed E-state index contributed by atoms with van der Waals surface area (Å²) < 4.78 is 7.86. The fourth-order valence-corrected chi connectivity index (χ4v) is 3.73. The Labute approximate surface area is 137 Å². The first-order valence-electron chi connectivity index (χ1n) is 7.57. The minimum Gasteiger partial charge on any atom is -0.408 e. The molecule has 0 fully saturated rings. The van der Waals surface area contributed by atoms with Crippen LogP contribution in [0.3, 0.4) is 0 Å². The van der Waals surface area contributed by atoms with Crippen LogP contribution in [-0.2, 0) is 11.5 Å². The van der Waals surface area contributed by atoms with E-state index in [0.29, 0.717) is 21.7 Å². The third-order valence-electron chi connectivity index (χ3n) is 3.41. The summed E-state index contributed by atoms with van der Waals surface area (Å²) in [4.78, 5) is 17.3. The van der Waals surface area contributed by atoms with Crippen molar-refractivity contribution in [3.63, 3.8) is 0 Å². The van der Waals surface area contributed by atoms with Gasteiger partial charge in [0.25, 0.3) is 5.56 Å². The van der Waals surface area contributed by atoms with E-state index in [-0.39, 0.29) is 11.7 Å². The number of hydrogen-bond acceptors (Lipinski definition) is 3. The van der Waals surface area contributed by atoms with Gasteiger partial charge in [0.15, 0.2) is 8.32 Å². The molecule has 22 heavy (non-hydrogen) atoms. The van der Waals surface area contributed by atoms with Crippen molar-refractivity contribution >= 4 is 30.8 Å². The summed E-state index contributed by atoms with van der Waals surface area (Å²) >= 11 is 5.99. The molecule has 0 aliphatic heterocycles. The maximum absolute atomic E-state index is 12.6. The zero-order chi connectivity index (χ0) is 16.5. The van der Waals surface area contributed by atoms with E-state index in [1.807, 2.05) is 0 Å². The highest BCUT2D eigenvalue weighted by Crippen LogP contribution is 2.26. The summed E-state index contributed by atoms with van der Waals surface area (Å²) in [6, 6.07) is 5.22. The summed E-state index contributed by atoms with van der Waals surface area (Å²) in [5, 5.41) is 1.09. The van der Waals surface area contributed by atoms with Crippen LogP contribution in [0.5, 0.6) is 0 Å². The van der Waals surface area contributed by atoms with Crippen LogP contribution in [-0.4, -0.2) is 17.9 Å². The topological polar surface area (TPSA) is 44.1 Å². The van der Waals surface area contributed by atoms with Crippen LogP contribution in [0.2, 0.25) is 24.7 Å². The van der Waals surface area contributed by atoms with Crippen molar-refractivity contribution in [2.45, 2.75) is 45.5 Å². The number of halogens is 1. The molecule has 2 aromatic rings. The molecule has 0 saturated heterocycles. The van der Waals surface area contributed by atoms with Gasteiger partial charge in [-0.2, -0.15) is 0 Å². The second kappa shape index (κ2) is 6.52. The van der Waals surface area contributed by atoms with Gasteiger partial charge in [-0.3, -0.25) is 9.36 Å². The fourth-order valence-electron chi connectivity index (χ4n) is 2.48. The molecule has 0 aliphatic rings. The molecule has 1 aromatic heterocycles. The Kier molecular flexibility index (Phi) is 5.09. The molecular formula is C16H23ClN2O2Si. The monoisotopic (exact) mass is 338 g/mol. The number of benzene rings is 1. The molecule has 1 aromatic carbocycles. The maximum atomic E-state index is 12.6. The van der Waals surface area contributed by atoms with E-state index in [1.54, 1.807) is 29.8 Å². The quantitative estimate of drug-likeness (QED) is 0.764. The molecule has 1 heterocycles. The van der Waals surface area contributed by atoms with Crippen molar-refractivity contribution in [3.8, 4) is 0 Å². The van der Waals surface area contributed by atoms with E-state index in [4.69, 9.17) is 16.0 Å². The van der Waals surface area contributed by atoms with E-state index < -0.39 is 8.32 Å². The normalized spacial score (nSPS) is 13.5. The number of hydrogen-bond donors (Lipinski definition) is 0. The SMILES string of the molecule is CCC[C@H](O[Si](C)(C)C)c1nc2ccc(Cl)cc2c(=O)n1C. The molecule has 0 spiro atoms. The second-order valence-corrected chi connectivity index (χ2v) is 11.4. The molecule has 6 heteroatoms. The van der Waals surface area contributed by atoms with Gasteiger partial charge in [0.05, 0.1) is 10.9 Å². The Balaban J connectivity index is 2.60. The molecule has 0 saturated carbocycles. The third kappa shape index (κ3) is 3.77. The first-order valence-corrected chi connectivity index (χ1v) is 11.4. The van der Waals surface area contributed by atoms with Gasteiger partial charge in [0.1, 0.15) is 11.9 Å². The van der Waals surface area contributed by atoms with Crippen LogP contribution in [0, 0.1) is 0 Å². The van der Waals surface area contributed by atoms with Crippen LogP contribution >= 0.6 is 11.6 Å². The van der Waals surface area contributed by atoms with Gasteiger partial charge < -0.3 is 4.43 Å². The number of rotatable bonds is 5. The number of fused-ring (bicyclic) bond motifs is 1. The van der Waals surface area contributed by atoms with Gasteiger partial charge >= 0.3 is 0 Å². The van der Waals surface area contributed by atoms with Gasteiger partial charge in [-0.1, -0.05) is 24.9 Å². The van der Waals surface area contributed by atoms with E-state index in [9.17, 15) is 4.79 Å². The average molecular weight is 339 g/mol. The van der Waals surface area contributed by atoms with Gasteiger partial charge in [0, 0.05) is 12.1 Å². The van der Waals surface area contributed by atoms with E-state index in [0.717, 1.165) is 12.8 Å². The number of nitrogens with zero attached hydrogens (tertiary/aromatic N) is 2. The van der Waals surface area contributed by atoms with Crippen LogP contribution in [0.1, 0.15) is 31.7 Å². The zero-order valence-corrected chi connectivity index (χ0v) is 15.6. The van der Waals surface area contributed by atoms with Crippen molar-refractivity contribution < 1.29 is 4.43 Å². The Morgan fingerprint density at radius 1 is 1.36 bits per heavy atom. The van der Waals surface area contributed by atoms with Gasteiger partial charge in [-0.15, -0.1) is 0 Å². The van der Waals surface area contributed by atoms with Gasteiger partial charge in [-0.25, -0.2) is 4.98 Å². The molecule has 0 amide bonds. The van der Waals surface area contributed by atoms with E-state index in [2.05, 4.69) is 31.5 Å². The molecule has 0 radical (unpaired) electrons. The lowest BCUT2D eigenvalue weighted by atomic mass is 10.1. The van der Waals surface area contributed by atoms with Gasteiger partial charge in [-0.05, 0) is 44.3 Å². The summed E-state index contributed by atoms with van der Waals surface area (Å²) in [6.07, 6.45) is 1.68. The van der Waals surface area contributed by atoms with Crippen LogP contribution in [0.4, 0.5) is 0 Å². The van der Waals surface area contributed by atoms with E-state index >= 15 is 0 Å². The van der Waals surface area contributed by atoms with E-state index in [1.165, 1.54) is 0 Å². The van der Waals surface area contributed by atoms with Crippen molar-refractivity contribution in [1.29, 1.82) is 0 Å². The summed E-state index contributed by atoms with van der Waals surface area (Å²) in [6.45, 7) is 8.55. The highest BCUT2D eigenvalue weighted by atomic mass is 35.5. The van der Waals surface area contributed by atoms with Crippen molar-refractivity contribution in [2.75, 3.05) is 0 Å². The smallest absolute Gasteiger partial charge is 0.261 e. The molecular weight excluding hydrogens is 316 g/mol. The standard InChI is InChI=1S/C16H23ClN2O2Si/c1-6-7-14(21-22(3,4)5)15-18-13-9-8-11(17)10-12(13)16(20)19(15)2/h8-10,14H,6-7H2,1-5H3/t14-/m0/s1. The highest BCUT2D eigenvalue weighted by molar-refractivity contribution is 6.69. The predicted molar refractivity (Wildman–Crippen MR) is 94.1 cm³/mol. The first-order chi connectivity index (χ1) is 10.2. The third-order valence-corrected chi connectivity index (χ3v) is 4.63. The Bertz CT molecular complexity index is 737. The molecule has 2 rings (SSSR count). The summed E-state index contributed by atoms with van der Waals surface area (Å²) in [5.74, 6) is 0.698. The second-order valence-electron chi connectivity index (χ2n) is 6.50. The molecule has 1 atom stereocenters. The Morgan fingerprint density at radius 3 is 2.64 bits per heavy atom. The lowest BCUT2D eigenvalue weighted by Gasteiger charge is -2.27.